The highest BCUT2D eigenvalue weighted by Crippen LogP contribution is 2.35. The van der Waals surface area contributed by atoms with Gasteiger partial charge in [-0.3, -0.25) is 0 Å². The molecule has 146 valence electrons. The number of oxime groups is 1. The molecule has 1 aromatic heterocycles. The lowest BCUT2D eigenvalue weighted by molar-refractivity contribution is 0.285. The molecule has 0 spiro atoms. The van der Waals surface area contributed by atoms with E-state index < -0.39 is 15.3 Å². The van der Waals surface area contributed by atoms with Gasteiger partial charge in [-0.05, 0) is 70.4 Å². The lowest BCUT2D eigenvalue weighted by atomic mass is 9.81. The van der Waals surface area contributed by atoms with Crippen molar-refractivity contribution in [2.75, 3.05) is 0 Å². The Morgan fingerprint density at radius 1 is 1.41 bits per heavy atom. The largest absolute Gasteiger partial charge is 0.411 e. The van der Waals surface area contributed by atoms with E-state index in [1.165, 1.54) is 6.07 Å². The van der Waals surface area contributed by atoms with E-state index in [9.17, 15) is 18.0 Å². The molecule has 0 unspecified atom stereocenters. The van der Waals surface area contributed by atoms with Gasteiger partial charge in [0, 0.05) is 6.42 Å². The zero-order valence-corrected chi connectivity index (χ0v) is 16.6. The van der Waals surface area contributed by atoms with Crippen molar-refractivity contribution >= 4 is 31.7 Å². The highest BCUT2D eigenvalue weighted by atomic mass is 79.9. The third-order valence-corrected chi connectivity index (χ3v) is 6.67. The van der Waals surface area contributed by atoms with Crippen LogP contribution in [0.25, 0.3) is 0 Å². The normalized spacial score (nSPS) is 20.5. The Balaban J connectivity index is 1.64. The molecule has 11 heteroatoms. The molecule has 3 N–H and O–H groups in total. The van der Waals surface area contributed by atoms with E-state index in [1.807, 2.05) is 0 Å². The fraction of sp³-hybridized carbons (Fsp3) is 0.438. The third kappa shape index (κ3) is 4.71. The van der Waals surface area contributed by atoms with Crippen molar-refractivity contribution in [2.45, 2.75) is 37.4 Å². The number of hydrogen-bond donors (Lipinski definition) is 2. The maximum absolute atomic E-state index is 13.4. The van der Waals surface area contributed by atoms with Gasteiger partial charge in [-0.25, -0.2) is 22.6 Å². The lowest BCUT2D eigenvalue weighted by Gasteiger charge is -2.33. The molecule has 1 aliphatic rings. The molecule has 27 heavy (non-hydrogen) atoms. The SMILES string of the molecule is NS(=O)(=O)C1CC(CCc2nonc2/C(Cc2ccc(F)c(Br)c2)=N/O)C1. The fourth-order valence-electron chi connectivity index (χ4n) is 3.12. The van der Waals surface area contributed by atoms with Crippen LogP contribution in [-0.4, -0.2) is 34.9 Å². The maximum atomic E-state index is 13.4. The first-order valence-corrected chi connectivity index (χ1v) is 10.7. The fourth-order valence-corrected chi connectivity index (χ4v) is 4.63. The molecule has 0 amide bonds. The molecule has 1 fully saturated rings. The molecule has 1 aromatic carbocycles. The Bertz CT molecular complexity index is 957. The number of rotatable bonds is 7. The Morgan fingerprint density at radius 2 is 2.15 bits per heavy atom. The van der Waals surface area contributed by atoms with Crippen LogP contribution < -0.4 is 5.14 Å². The van der Waals surface area contributed by atoms with Crippen LogP contribution in [0.2, 0.25) is 0 Å². The molecule has 3 rings (SSSR count). The van der Waals surface area contributed by atoms with Gasteiger partial charge in [-0.15, -0.1) is 0 Å². The van der Waals surface area contributed by atoms with Crippen LogP contribution in [0.5, 0.6) is 0 Å². The highest BCUT2D eigenvalue weighted by molar-refractivity contribution is 9.10. The third-order valence-electron chi connectivity index (χ3n) is 4.75. The number of halogens is 2. The summed E-state index contributed by atoms with van der Waals surface area (Å²) in [7, 11) is -3.47. The van der Waals surface area contributed by atoms with E-state index >= 15 is 0 Å². The minimum atomic E-state index is -3.47. The molecule has 0 atom stereocenters. The summed E-state index contributed by atoms with van der Waals surface area (Å²) in [5, 5.41) is 25.0. The molecule has 0 saturated heterocycles. The van der Waals surface area contributed by atoms with Crippen molar-refractivity contribution in [3.63, 3.8) is 0 Å². The second-order valence-electron chi connectivity index (χ2n) is 6.62. The minimum absolute atomic E-state index is 0.216. The van der Waals surface area contributed by atoms with Crippen molar-refractivity contribution in [1.29, 1.82) is 0 Å². The van der Waals surface area contributed by atoms with E-state index in [2.05, 4.69) is 31.4 Å². The highest BCUT2D eigenvalue weighted by Gasteiger charge is 2.36. The number of benzene rings is 1. The molecule has 1 heterocycles. The summed E-state index contributed by atoms with van der Waals surface area (Å²) in [6.07, 6.45) is 2.49. The molecular formula is C16H18BrFN4O4S. The number of hydrogen-bond acceptors (Lipinski definition) is 7. The van der Waals surface area contributed by atoms with E-state index in [0.717, 1.165) is 5.56 Å². The molecule has 0 bridgehead atoms. The number of nitrogens with two attached hydrogens (primary N) is 1. The topological polar surface area (TPSA) is 132 Å². The molecule has 1 saturated carbocycles. The predicted octanol–water partition coefficient (Wildman–Crippen LogP) is 2.39. The Morgan fingerprint density at radius 3 is 2.78 bits per heavy atom. The standard InChI is InChI=1S/C16H18BrFN4O4S/c17-12-7-10(1-3-13(12)18)8-15(20-23)16-14(21-26-22-16)4-2-9-5-11(6-9)27(19,24)25/h1,3,7,9,11,23H,2,4-6,8H2,(H2,19,24,25)/b20-15+. The quantitative estimate of drug-likeness (QED) is 0.370. The summed E-state index contributed by atoms with van der Waals surface area (Å²) in [4.78, 5) is 0. The zero-order valence-electron chi connectivity index (χ0n) is 14.2. The van der Waals surface area contributed by atoms with Crippen LogP contribution in [0.4, 0.5) is 4.39 Å². The van der Waals surface area contributed by atoms with Gasteiger partial charge in [0.05, 0.1) is 9.72 Å². The van der Waals surface area contributed by atoms with Gasteiger partial charge in [0.15, 0.2) is 5.69 Å². The van der Waals surface area contributed by atoms with Gasteiger partial charge < -0.3 is 5.21 Å². The first kappa shape index (κ1) is 19.9. The Hall–Kier alpha value is -1.85. The van der Waals surface area contributed by atoms with Gasteiger partial charge in [0.2, 0.25) is 10.0 Å². The number of sulfonamides is 1. The minimum Gasteiger partial charge on any atom is -0.411 e. The summed E-state index contributed by atoms with van der Waals surface area (Å²) in [5.74, 6) is -0.149. The number of aromatic nitrogens is 2. The molecule has 2 aromatic rings. The maximum Gasteiger partial charge on any atom is 0.211 e. The van der Waals surface area contributed by atoms with Gasteiger partial charge in [-0.1, -0.05) is 16.4 Å². The summed E-state index contributed by atoms with van der Waals surface area (Å²) in [6.45, 7) is 0. The van der Waals surface area contributed by atoms with Crippen molar-refractivity contribution in [2.24, 2.45) is 16.2 Å². The first-order chi connectivity index (χ1) is 12.8. The van der Waals surface area contributed by atoms with Crippen molar-refractivity contribution in [3.05, 3.63) is 45.4 Å². The van der Waals surface area contributed by atoms with Crippen LogP contribution in [0, 0.1) is 11.7 Å². The predicted molar refractivity (Wildman–Crippen MR) is 98.4 cm³/mol. The van der Waals surface area contributed by atoms with Gasteiger partial charge >= 0.3 is 0 Å². The van der Waals surface area contributed by atoms with E-state index in [-0.39, 0.29) is 23.9 Å². The van der Waals surface area contributed by atoms with Gasteiger partial charge in [0.25, 0.3) is 0 Å². The molecule has 8 nitrogen and oxygen atoms in total. The zero-order chi connectivity index (χ0) is 19.6. The Kier molecular flexibility index (Phi) is 5.92. The number of primary sulfonamides is 1. The lowest BCUT2D eigenvalue weighted by Crippen LogP contribution is -2.40. The van der Waals surface area contributed by atoms with Crippen molar-refractivity contribution in [1.82, 2.24) is 10.3 Å². The summed E-state index contributed by atoms with van der Waals surface area (Å²) in [6, 6.07) is 4.49. The van der Waals surface area contributed by atoms with Crippen LogP contribution in [0.3, 0.4) is 0 Å². The number of nitrogens with zero attached hydrogens (tertiary/aromatic N) is 3. The van der Waals surface area contributed by atoms with Crippen LogP contribution >= 0.6 is 15.9 Å². The van der Waals surface area contributed by atoms with E-state index in [0.29, 0.717) is 41.5 Å². The average Bonchev–Trinajstić information content (AvgIpc) is 3.01. The Labute approximate surface area is 163 Å². The molecule has 0 radical (unpaired) electrons. The van der Waals surface area contributed by atoms with Crippen LogP contribution in [0.1, 0.15) is 36.2 Å². The first-order valence-electron chi connectivity index (χ1n) is 8.26. The van der Waals surface area contributed by atoms with Crippen LogP contribution in [-0.2, 0) is 22.9 Å². The number of aryl methyl sites for hydroxylation is 1. The second kappa shape index (κ2) is 8.03. The smallest absolute Gasteiger partial charge is 0.211 e. The van der Waals surface area contributed by atoms with Crippen molar-refractivity contribution in [3.8, 4) is 0 Å². The molecule has 0 aliphatic heterocycles. The van der Waals surface area contributed by atoms with Crippen LogP contribution in [0.15, 0.2) is 32.5 Å². The summed E-state index contributed by atoms with van der Waals surface area (Å²) in [5.41, 5.74) is 1.84. The second-order valence-corrected chi connectivity index (χ2v) is 9.32. The summed E-state index contributed by atoms with van der Waals surface area (Å²) >= 11 is 3.12. The van der Waals surface area contributed by atoms with Gasteiger partial charge in [0.1, 0.15) is 17.2 Å². The van der Waals surface area contributed by atoms with Gasteiger partial charge in [-0.2, -0.15) is 0 Å². The van der Waals surface area contributed by atoms with E-state index in [4.69, 9.17) is 9.77 Å². The average molecular weight is 461 g/mol. The van der Waals surface area contributed by atoms with E-state index in [1.54, 1.807) is 12.1 Å². The van der Waals surface area contributed by atoms with Crippen molar-refractivity contribution < 1.29 is 22.6 Å². The monoisotopic (exact) mass is 460 g/mol. The summed E-state index contributed by atoms with van der Waals surface area (Å²) < 4.78 is 41.0. The molecular weight excluding hydrogens is 443 g/mol. The molecule has 1 aliphatic carbocycles.